The van der Waals surface area contributed by atoms with Gasteiger partial charge in [-0.3, -0.25) is 9.78 Å². The SMILES string of the molecule is CNC(C(=O)N1CCCC1)C(O)c1ccncc1.Cl.Cl. The maximum absolute atomic E-state index is 12.3. The Labute approximate surface area is 131 Å². The Morgan fingerprint density at radius 1 is 1.30 bits per heavy atom. The zero-order chi connectivity index (χ0) is 13.0. The molecule has 1 saturated heterocycles. The third-order valence-electron chi connectivity index (χ3n) is 3.36. The molecule has 0 bridgehead atoms. The van der Waals surface area contributed by atoms with Crippen LogP contribution in [0.1, 0.15) is 24.5 Å². The van der Waals surface area contributed by atoms with Gasteiger partial charge in [0.2, 0.25) is 5.91 Å². The molecule has 0 saturated carbocycles. The van der Waals surface area contributed by atoms with Gasteiger partial charge in [0.05, 0.1) is 0 Å². The molecule has 0 radical (unpaired) electrons. The van der Waals surface area contributed by atoms with Gasteiger partial charge >= 0.3 is 0 Å². The number of hydrogen-bond acceptors (Lipinski definition) is 4. The molecule has 2 atom stereocenters. The van der Waals surface area contributed by atoms with Gasteiger partial charge in [-0.25, -0.2) is 0 Å². The minimum Gasteiger partial charge on any atom is -0.386 e. The summed E-state index contributed by atoms with van der Waals surface area (Å²) in [6, 6.07) is 2.86. The number of aliphatic hydroxyl groups is 1. The second-order valence-electron chi connectivity index (χ2n) is 4.52. The number of nitrogens with zero attached hydrogens (tertiary/aromatic N) is 2. The Morgan fingerprint density at radius 2 is 1.85 bits per heavy atom. The molecular formula is C13H21Cl2N3O2. The Balaban J connectivity index is 0.00000180. The summed E-state index contributed by atoms with van der Waals surface area (Å²) in [6.07, 6.45) is 4.49. The lowest BCUT2D eigenvalue weighted by atomic mass is 10.0. The van der Waals surface area contributed by atoms with Crippen molar-refractivity contribution in [2.24, 2.45) is 0 Å². The summed E-state index contributed by atoms with van der Waals surface area (Å²) in [7, 11) is 1.70. The minimum atomic E-state index is -0.842. The monoisotopic (exact) mass is 321 g/mol. The molecule has 0 spiro atoms. The fourth-order valence-corrected chi connectivity index (χ4v) is 2.30. The first-order valence-corrected chi connectivity index (χ1v) is 6.28. The maximum atomic E-state index is 12.3. The van der Waals surface area contributed by atoms with Gasteiger partial charge in [-0.05, 0) is 37.6 Å². The number of carbonyl (C=O) groups is 1. The molecule has 2 N–H and O–H groups in total. The van der Waals surface area contributed by atoms with E-state index in [4.69, 9.17) is 0 Å². The zero-order valence-corrected chi connectivity index (χ0v) is 13.0. The number of pyridine rings is 1. The molecule has 1 aromatic heterocycles. The third-order valence-corrected chi connectivity index (χ3v) is 3.36. The van der Waals surface area contributed by atoms with Gasteiger partial charge in [0.15, 0.2) is 0 Å². The van der Waals surface area contributed by atoms with Crippen LogP contribution < -0.4 is 5.32 Å². The van der Waals surface area contributed by atoms with Crippen molar-refractivity contribution in [3.8, 4) is 0 Å². The number of likely N-dealkylation sites (N-methyl/N-ethyl adjacent to an activating group) is 1. The number of nitrogens with one attached hydrogen (secondary N) is 1. The highest BCUT2D eigenvalue weighted by Gasteiger charge is 2.31. The third kappa shape index (κ3) is 4.31. The molecule has 1 aromatic rings. The van der Waals surface area contributed by atoms with Crippen LogP contribution in [0.2, 0.25) is 0 Å². The van der Waals surface area contributed by atoms with Crippen molar-refractivity contribution >= 4 is 30.7 Å². The van der Waals surface area contributed by atoms with E-state index >= 15 is 0 Å². The van der Waals surface area contributed by atoms with E-state index in [2.05, 4.69) is 10.3 Å². The number of halogens is 2. The first-order valence-electron chi connectivity index (χ1n) is 6.28. The van der Waals surface area contributed by atoms with Crippen LogP contribution in [0.3, 0.4) is 0 Å². The molecule has 0 aliphatic carbocycles. The van der Waals surface area contributed by atoms with Crippen molar-refractivity contribution in [3.05, 3.63) is 30.1 Å². The standard InChI is InChI=1S/C13H19N3O2.2ClH/c1-14-11(13(18)16-8-2-3-9-16)12(17)10-4-6-15-7-5-10;;/h4-7,11-12,14,17H,2-3,8-9H2,1H3;2*1H. The number of likely N-dealkylation sites (tertiary alicyclic amines) is 1. The van der Waals surface area contributed by atoms with Crippen LogP contribution in [0.25, 0.3) is 0 Å². The molecule has 114 valence electrons. The van der Waals surface area contributed by atoms with Crippen LogP contribution in [0, 0.1) is 0 Å². The maximum Gasteiger partial charge on any atom is 0.242 e. The van der Waals surface area contributed by atoms with Crippen molar-refractivity contribution in [2.75, 3.05) is 20.1 Å². The molecule has 20 heavy (non-hydrogen) atoms. The summed E-state index contributed by atoms with van der Waals surface area (Å²) in [5, 5.41) is 13.2. The Kier molecular flexibility index (Phi) is 8.73. The average molecular weight is 322 g/mol. The lowest BCUT2D eigenvalue weighted by molar-refractivity contribution is -0.135. The molecule has 1 aliphatic rings. The normalized spacial score (nSPS) is 16.8. The molecule has 5 nitrogen and oxygen atoms in total. The highest BCUT2D eigenvalue weighted by Crippen LogP contribution is 2.19. The Bertz CT molecular complexity index is 400. The van der Waals surface area contributed by atoms with Crippen molar-refractivity contribution in [1.29, 1.82) is 0 Å². The number of hydrogen-bond donors (Lipinski definition) is 2. The Morgan fingerprint density at radius 3 is 2.35 bits per heavy atom. The summed E-state index contributed by atoms with van der Waals surface area (Å²) in [6.45, 7) is 1.58. The van der Waals surface area contributed by atoms with Crippen LogP contribution in [-0.2, 0) is 4.79 Å². The number of rotatable bonds is 4. The quantitative estimate of drug-likeness (QED) is 0.873. The van der Waals surface area contributed by atoms with E-state index in [1.165, 1.54) is 0 Å². The zero-order valence-electron chi connectivity index (χ0n) is 11.4. The number of aromatic nitrogens is 1. The van der Waals surface area contributed by atoms with Gasteiger partial charge in [0.25, 0.3) is 0 Å². The summed E-state index contributed by atoms with van der Waals surface area (Å²) in [5.41, 5.74) is 0.705. The lowest BCUT2D eigenvalue weighted by Gasteiger charge is -2.26. The molecule has 2 rings (SSSR count). The fourth-order valence-electron chi connectivity index (χ4n) is 2.30. The number of aliphatic hydroxyl groups excluding tert-OH is 1. The van der Waals surface area contributed by atoms with Crippen molar-refractivity contribution in [2.45, 2.75) is 25.0 Å². The van der Waals surface area contributed by atoms with E-state index in [1.54, 1.807) is 31.6 Å². The predicted octanol–water partition coefficient (Wildman–Crippen LogP) is 1.17. The van der Waals surface area contributed by atoms with E-state index in [9.17, 15) is 9.90 Å². The van der Waals surface area contributed by atoms with Crippen molar-refractivity contribution < 1.29 is 9.90 Å². The summed E-state index contributed by atoms with van der Waals surface area (Å²) in [4.78, 5) is 18.0. The van der Waals surface area contributed by atoms with Crippen LogP contribution in [0.4, 0.5) is 0 Å². The largest absolute Gasteiger partial charge is 0.386 e. The van der Waals surface area contributed by atoms with Gasteiger partial charge in [0.1, 0.15) is 12.1 Å². The van der Waals surface area contributed by atoms with Gasteiger partial charge < -0.3 is 15.3 Å². The highest BCUT2D eigenvalue weighted by molar-refractivity contribution is 5.85. The summed E-state index contributed by atoms with van der Waals surface area (Å²) >= 11 is 0. The number of amides is 1. The first-order chi connectivity index (χ1) is 8.74. The molecule has 1 aliphatic heterocycles. The van der Waals surface area contributed by atoms with E-state index in [0.29, 0.717) is 5.56 Å². The minimum absolute atomic E-state index is 0. The smallest absolute Gasteiger partial charge is 0.242 e. The van der Waals surface area contributed by atoms with E-state index in [0.717, 1.165) is 25.9 Å². The van der Waals surface area contributed by atoms with E-state index in [1.807, 2.05) is 4.90 Å². The van der Waals surface area contributed by atoms with Gasteiger partial charge in [0, 0.05) is 25.5 Å². The van der Waals surface area contributed by atoms with E-state index < -0.39 is 12.1 Å². The molecule has 2 unspecified atom stereocenters. The van der Waals surface area contributed by atoms with Crippen molar-refractivity contribution in [3.63, 3.8) is 0 Å². The van der Waals surface area contributed by atoms with Gasteiger partial charge in [-0.1, -0.05) is 0 Å². The van der Waals surface area contributed by atoms with Crippen LogP contribution in [-0.4, -0.2) is 47.1 Å². The Hall–Kier alpha value is -0.880. The van der Waals surface area contributed by atoms with Gasteiger partial charge in [-0.15, -0.1) is 24.8 Å². The first kappa shape index (κ1) is 19.1. The summed E-state index contributed by atoms with van der Waals surface area (Å²) in [5.74, 6) is -0.0284. The second-order valence-corrected chi connectivity index (χ2v) is 4.52. The molecular weight excluding hydrogens is 301 g/mol. The fraction of sp³-hybridized carbons (Fsp3) is 0.538. The molecule has 1 fully saturated rings. The molecule has 1 amide bonds. The van der Waals surface area contributed by atoms with Crippen LogP contribution in [0.5, 0.6) is 0 Å². The highest BCUT2D eigenvalue weighted by atomic mass is 35.5. The molecule has 7 heteroatoms. The summed E-state index contributed by atoms with van der Waals surface area (Å²) < 4.78 is 0. The van der Waals surface area contributed by atoms with E-state index in [-0.39, 0.29) is 30.7 Å². The molecule has 0 aromatic carbocycles. The lowest BCUT2D eigenvalue weighted by Crippen LogP contribution is -2.47. The van der Waals surface area contributed by atoms with Crippen LogP contribution in [0.15, 0.2) is 24.5 Å². The van der Waals surface area contributed by atoms with Gasteiger partial charge in [-0.2, -0.15) is 0 Å². The molecule has 2 heterocycles. The second kappa shape index (κ2) is 9.13. The topological polar surface area (TPSA) is 65.5 Å². The van der Waals surface area contributed by atoms with Crippen LogP contribution >= 0.6 is 24.8 Å². The predicted molar refractivity (Wildman–Crippen MR) is 82.4 cm³/mol. The number of carbonyl (C=O) groups excluding carboxylic acids is 1. The average Bonchev–Trinajstić information content (AvgIpc) is 2.94. The van der Waals surface area contributed by atoms with Crippen molar-refractivity contribution in [1.82, 2.24) is 15.2 Å².